The Morgan fingerprint density at radius 2 is 2.00 bits per heavy atom. The lowest BCUT2D eigenvalue weighted by molar-refractivity contribution is 0.0954. The van der Waals surface area contributed by atoms with Crippen molar-refractivity contribution in [2.45, 2.75) is 35.1 Å². The number of aromatic nitrogens is 3. The number of benzene rings is 2. The van der Waals surface area contributed by atoms with Crippen molar-refractivity contribution in [1.29, 1.82) is 0 Å². The van der Waals surface area contributed by atoms with Gasteiger partial charge in [0.15, 0.2) is 0 Å². The fraction of sp³-hybridized carbons (Fsp3) is 0.208. The fourth-order valence-electron chi connectivity index (χ4n) is 3.44. The summed E-state index contributed by atoms with van der Waals surface area (Å²) >= 11 is 7.70. The lowest BCUT2D eigenvalue weighted by Crippen LogP contribution is -2.25. The molecule has 1 amide bonds. The molecular formula is C24H21ClN4OS. The van der Waals surface area contributed by atoms with E-state index in [1.807, 2.05) is 54.6 Å². The van der Waals surface area contributed by atoms with Gasteiger partial charge in [-0.2, -0.15) is 5.10 Å². The van der Waals surface area contributed by atoms with Crippen molar-refractivity contribution in [2.24, 2.45) is 0 Å². The molecule has 31 heavy (non-hydrogen) atoms. The van der Waals surface area contributed by atoms with E-state index >= 15 is 0 Å². The van der Waals surface area contributed by atoms with E-state index in [9.17, 15) is 4.79 Å². The van der Waals surface area contributed by atoms with Crippen molar-refractivity contribution in [1.82, 2.24) is 20.1 Å². The lowest BCUT2D eigenvalue weighted by atomic mass is 10.1. The molecule has 5 nitrogen and oxygen atoms in total. The number of hydrogen-bond acceptors (Lipinski definition) is 4. The Balaban J connectivity index is 1.26. The van der Waals surface area contributed by atoms with Gasteiger partial charge in [-0.15, -0.1) is 0 Å². The summed E-state index contributed by atoms with van der Waals surface area (Å²) in [5.41, 5.74) is 2.53. The van der Waals surface area contributed by atoms with Crippen LogP contribution in [0.25, 0.3) is 10.9 Å². The van der Waals surface area contributed by atoms with Crippen molar-refractivity contribution < 1.29 is 4.79 Å². The van der Waals surface area contributed by atoms with E-state index in [1.165, 1.54) is 12.8 Å². The maximum Gasteiger partial charge on any atom is 0.251 e. The van der Waals surface area contributed by atoms with E-state index in [0.717, 1.165) is 31.4 Å². The van der Waals surface area contributed by atoms with Crippen LogP contribution in [0.1, 0.15) is 34.9 Å². The molecule has 4 aromatic rings. The van der Waals surface area contributed by atoms with Gasteiger partial charge in [-0.25, -0.2) is 0 Å². The Kier molecular flexibility index (Phi) is 5.66. The van der Waals surface area contributed by atoms with E-state index in [0.29, 0.717) is 24.6 Å². The van der Waals surface area contributed by atoms with Crippen molar-refractivity contribution in [3.05, 3.63) is 83.3 Å². The SMILES string of the molecule is O=C(NCCc1nn(C2CC2)cc1Sc1ccc(Cl)cc1)c1ccc2ncccc2c1. The highest BCUT2D eigenvalue weighted by Gasteiger charge is 2.26. The third-order valence-corrected chi connectivity index (χ3v) is 6.57. The number of pyridine rings is 1. The second-order valence-corrected chi connectivity index (χ2v) is 9.18. The molecule has 0 spiro atoms. The molecule has 0 bridgehead atoms. The van der Waals surface area contributed by atoms with Gasteiger partial charge in [-0.3, -0.25) is 14.5 Å². The number of nitrogens with zero attached hydrogens (tertiary/aromatic N) is 3. The number of rotatable bonds is 7. The van der Waals surface area contributed by atoms with Crippen LogP contribution in [-0.4, -0.2) is 27.2 Å². The molecule has 1 aliphatic carbocycles. The average molecular weight is 449 g/mol. The zero-order valence-corrected chi connectivity index (χ0v) is 18.4. The minimum Gasteiger partial charge on any atom is -0.352 e. The third kappa shape index (κ3) is 4.75. The summed E-state index contributed by atoms with van der Waals surface area (Å²) in [4.78, 5) is 19.2. The molecule has 0 saturated heterocycles. The average Bonchev–Trinajstić information content (AvgIpc) is 3.57. The van der Waals surface area contributed by atoms with E-state index in [2.05, 4.69) is 21.2 Å². The minimum absolute atomic E-state index is 0.0840. The molecule has 7 heteroatoms. The molecule has 2 aromatic heterocycles. The molecule has 2 heterocycles. The van der Waals surface area contributed by atoms with Gasteiger partial charge in [0.25, 0.3) is 5.91 Å². The largest absolute Gasteiger partial charge is 0.352 e. The summed E-state index contributed by atoms with van der Waals surface area (Å²) in [5, 5.41) is 9.52. The van der Waals surface area contributed by atoms with Gasteiger partial charge in [-0.05, 0) is 61.4 Å². The molecule has 1 aliphatic rings. The summed E-state index contributed by atoms with van der Waals surface area (Å²) in [6.45, 7) is 0.528. The molecular weight excluding hydrogens is 428 g/mol. The maximum absolute atomic E-state index is 12.6. The Morgan fingerprint density at radius 3 is 2.81 bits per heavy atom. The number of halogens is 1. The van der Waals surface area contributed by atoms with Crippen LogP contribution in [0.5, 0.6) is 0 Å². The molecule has 0 unspecified atom stereocenters. The van der Waals surface area contributed by atoms with Crippen LogP contribution in [-0.2, 0) is 6.42 Å². The monoisotopic (exact) mass is 448 g/mol. The van der Waals surface area contributed by atoms with Gasteiger partial charge in [0.1, 0.15) is 0 Å². The van der Waals surface area contributed by atoms with E-state index in [4.69, 9.17) is 16.7 Å². The van der Waals surface area contributed by atoms with Crippen LogP contribution < -0.4 is 5.32 Å². The van der Waals surface area contributed by atoms with Gasteiger partial charge >= 0.3 is 0 Å². The zero-order chi connectivity index (χ0) is 21.2. The Labute approximate surface area is 189 Å². The quantitative estimate of drug-likeness (QED) is 0.403. The molecule has 1 saturated carbocycles. The first kappa shape index (κ1) is 20.1. The van der Waals surface area contributed by atoms with Crippen molar-refractivity contribution >= 4 is 40.2 Å². The molecule has 5 rings (SSSR count). The van der Waals surface area contributed by atoms with Crippen molar-refractivity contribution in [3.8, 4) is 0 Å². The van der Waals surface area contributed by atoms with Crippen LogP contribution in [0.15, 0.2) is 76.8 Å². The summed E-state index contributed by atoms with van der Waals surface area (Å²) in [6.07, 6.45) is 6.92. The molecule has 1 N–H and O–H groups in total. The predicted molar refractivity (Wildman–Crippen MR) is 124 cm³/mol. The second kappa shape index (κ2) is 8.73. The van der Waals surface area contributed by atoms with E-state index in [-0.39, 0.29) is 5.91 Å². The van der Waals surface area contributed by atoms with Crippen LogP contribution in [0, 0.1) is 0 Å². The van der Waals surface area contributed by atoms with Gasteiger partial charge in [0, 0.05) is 46.2 Å². The highest BCUT2D eigenvalue weighted by atomic mass is 35.5. The predicted octanol–water partition coefficient (Wildman–Crippen LogP) is 5.54. The molecule has 156 valence electrons. The Bertz CT molecular complexity index is 1230. The number of carbonyl (C=O) groups excluding carboxylic acids is 1. The van der Waals surface area contributed by atoms with Gasteiger partial charge in [0.05, 0.1) is 22.1 Å². The van der Waals surface area contributed by atoms with Gasteiger partial charge in [0.2, 0.25) is 0 Å². The molecule has 0 atom stereocenters. The number of amides is 1. The first-order valence-corrected chi connectivity index (χ1v) is 11.5. The van der Waals surface area contributed by atoms with Crippen LogP contribution in [0.2, 0.25) is 5.02 Å². The summed E-state index contributed by atoms with van der Waals surface area (Å²) in [5.74, 6) is -0.0840. The van der Waals surface area contributed by atoms with Crippen LogP contribution in [0.4, 0.5) is 0 Å². The standard InChI is InChI=1S/C24H21ClN4OS/c25-18-4-8-20(9-5-18)31-23-15-29(19-6-7-19)28-22(23)11-13-27-24(30)17-3-10-21-16(14-17)2-1-12-26-21/h1-5,8-10,12,14-15,19H,6-7,11,13H2,(H,27,30). The Morgan fingerprint density at radius 1 is 1.16 bits per heavy atom. The number of fused-ring (bicyclic) bond motifs is 1. The summed E-state index contributed by atoms with van der Waals surface area (Å²) in [7, 11) is 0. The van der Waals surface area contributed by atoms with Gasteiger partial charge < -0.3 is 5.32 Å². The first-order chi connectivity index (χ1) is 15.2. The normalized spacial score (nSPS) is 13.5. The van der Waals surface area contributed by atoms with Crippen molar-refractivity contribution in [2.75, 3.05) is 6.54 Å². The number of hydrogen-bond donors (Lipinski definition) is 1. The first-order valence-electron chi connectivity index (χ1n) is 10.3. The van der Waals surface area contributed by atoms with Crippen LogP contribution in [0.3, 0.4) is 0 Å². The second-order valence-electron chi connectivity index (χ2n) is 7.62. The van der Waals surface area contributed by atoms with E-state index < -0.39 is 0 Å². The minimum atomic E-state index is -0.0840. The molecule has 0 radical (unpaired) electrons. The Hall–Kier alpha value is -2.83. The van der Waals surface area contributed by atoms with Crippen molar-refractivity contribution in [3.63, 3.8) is 0 Å². The number of nitrogens with one attached hydrogen (secondary N) is 1. The third-order valence-electron chi connectivity index (χ3n) is 5.25. The molecule has 0 aliphatic heterocycles. The number of carbonyl (C=O) groups is 1. The summed E-state index contributed by atoms with van der Waals surface area (Å²) < 4.78 is 2.08. The summed E-state index contributed by atoms with van der Waals surface area (Å²) in [6, 6.07) is 17.7. The highest BCUT2D eigenvalue weighted by Crippen LogP contribution is 2.38. The lowest BCUT2D eigenvalue weighted by Gasteiger charge is -2.07. The molecule has 2 aromatic carbocycles. The highest BCUT2D eigenvalue weighted by molar-refractivity contribution is 7.99. The smallest absolute Gasteiger partial charge is 0.251 e. The zero-order valence-electron chi connectivity index (χ0n) is 16.8. The van der Waals surface area contributed by atoms with Crippen LogP contribution >= 0.6 is 23.4 Å². The fourth-order valence-corrected chi connectivity index (χ4v) is 4.51. The van der Waals surface area contributed by atoms with Gasteiger partial charge in [-0.1, -0.05) is 29.4 Å². The molecule has 1 fully saturated rings. The van der Waals surface area contributed by atoms with E-state index in [1.54, 1.807) is 18.0 Å². The topological polar surface area (TPSA) is 59.8 Å². The maximum atomic E-state index is 12.6.